The molecule has 0 saturated heterocycles. The number of hydrogen-bond acceptors (Lipinski definition) is 0. The van der Waals surface area contributed by atoms with E-state index in [0.29, 0.717) is 0 Å². The molecular formula is C18H35N. The average molecular weight is 265 g/mol. The standard InChI is InChI=1S/C9H18.C5H7N.C2H6.C2H4/c1-3-5-7-9-8-6-4-2;1-6-4-2-3-5-6;2*1-2/h3H,1,4-9H2,2H3;2-5H,1H3;1-2H3;1-2H2. The van der Waals surface area contributed by atoms with E-state index in [1.54, 1.807) is 0 Å². The van der Waals surface area contributed by atoms with Gasteiger partial charge >= 0.3 is 0 Å². The summed E-state index contributed by atoms with van der Waals surface area (Å²) in [5.41, 5.74) is 0. The van der Waals surface area contributed by atoms with Gasteiger partial charge in [0.25, 0.3) is 0 Å². The molecule has 1 aromatic rings. The Kier molecular flexibility index (Phi) is 30.8. The second-order valence-corrected chi connectivity index (χ2v) is 3.84. The lowest BCUT2D eigenvalue weighted by Gasteiger charge is -1.94. The maximum absolute atomic E-state index is 3.68. The lowest BCUT2D eigenvalue weighted by molar-refractivity contribution is 0.638. The molecule has 0 aromatic carbocycles. The summed E-state index contributed by atoms with van der Waals surface area (Å²) in [5, 5.41) is 0. The summed E-state index contributed by atoms with van der Waals surface area (Å²) < 4.78 is 2.00. The molecule has 112 valence electrons. The first kappa shape index (κ1) is 22.9. The minimum atomic E-state index is 1.20. The number of nitrogens with zero attached hydrogens (tertiary/aromatic N) is 1. The third-order valence-electron chi connectivity index (χ3n) is 2.27. The van der Waals surface area contributed by atoms with E-state index >= 15 is 0 Å². The average Bonchev–Trinajstić information content (AvgIpc) is 2.95. The van der Waals surface area contributed by atoms with Crippen LogP contribution in [-0.4, -0.2) is 4.57 Å². The van der Waals surface area contributed by atoms with Gasteiger partial charge in [0.2, 0.25) is 0 Å². The van der Waals surface area contributed by atoms with E-state index in [0.717, 1.165) is 0 Å². The quantitative estimate of drug-likeness (QED) is 0.415. The van der Waals surface area contributed by atoms with Crippen molar-refractivity contribution in [3.8, 4) is 0 Å². The van der Waals surface area contributed by atoms with Crippen molar-refractivity contribution < 1.29 is 0 Å². The highest BCUT2D eigenvalue weighted by molar-refractivity contribution is 4.88. The van der Waals surface area contributed by atoms with Crippen molar-refractivity contribution >= 4 is 0 Å². The zero-order valence-electron chi connectivity index (χ0n) is 13.7. The van der Waals surface area contributed by atoms with Crippen LogP contribution in [0.5, 0.6) is 0 Å². The Morgan fingerprint density at radius 1 is 0.947 bits per heavy atom. The Balaban J connectivity index is -0.000000221. The van der Waals surface area contributed by atoms with Gasteiger partial charge in [-0.25, -0.2) is 0 Å². The molecule has 1 heteroatoms. The van der Waals surface area contributed by atoms with E-state index in [9.17, 15) is 0 Å². The molecule has 0 aliphatic carbocycles. The molecule has 0 N–H and O–H groups in total. The molecular weight excluding hydrogens is 230 g/mol. The van der Waals surface area contributed by atoms with Gasteiger partial charge in [-0.15, -0.1) is 19.7 Å². The Hall–Kier alpha value is -1.24. The van der Waals surface area contributed by atoms with E-state index in [1.807, 2.05) is 56.1 Å². The molecule has 0 unspecified atom stereocenters. The maximum Gasteiger partial charge on any atom is 0.0106 e. The molecule has 0 aliphatic heterocycles. The third kappa shape index (κ3) is 26.4. The van der Waals surface area contributed by atoms with Gasteiger partial charge in [0.15, 0.2) is 0 Å². The highest BCUT2D eigenvalue weighted by Crippen LogP contribution is 2.04. The molecule has 19 heavy (non-hydrogen) atoms. The van der Waals surface area contributed by atoms with Crippen molar-refractivity contribution in [1.29, 1.82) is 0 Å². The topological polar surface area (TPSA) is 4.93 Å². The third-order valence-corrected chi connectivity index (χ3v) is 2.27. The maximum atomic E-state index is 3.68. The number of aryl methyl sites for hydroxylation is 1. The summed E-state index contributed by atoms with van der Waals surface area (Å²) in [6.07, 6.45) is 14.1. The fourth-order valence-corrected chi connectivity index (χ4v) is 1.31. The van der Waals surface area contributed by atoms with Gasteiger partial charge in [-0.05, 0) is 25.0 Å². The summed E-state index contributed by atoms with van der Waals surface area (Å²) >= 11 is 0. The van der Waals surface area contributed by atoms with Crippen LogP contribution >= 0.6 is 0 Å². The molecule has 1 rings (SSSR count). The Morgan fingerprint density at radius 3 is 1.74 bits per heavy atom. The zero-order chi connectivity index (χ0) is 15.4. The molecule has 0 aliphatic rings. The van der Waals surface area contributed by atoms with Crippen LogP contribution in [0.25, 0.3) is 0 Å². The Labute approximate surface area is 122 Å². The van der Waals surface area contributed by atoms with Gasteiger partial charge in [0, 0.05) is 19.4 Å². The fourth-order valence-electron chi connectivity index (χ4n) is 1.31. The van der Waals surface area contributed by atoms with E-state index in [-0.39, 0.29) is 0 Å². The van der Waals surface area contributed by atoms with Crippen LogP contribution in [0.3, 0.4) is 0 Å². The van der Waals surface area contributed by atoms with Crippen LogP contribution in [0.1, 0.15) is 59.3 Å². The molecule has 1 heterocycles. The first-order valence-electron chi connectivity index (χ1n) is 7.49. The Morgan fingerprint density at radius 2 is 1.42 bits per heavy atom. The minimum Gasteiger partial charge on any atom is -0.357 e. The largest absolute Gasteiger partial charge is 0.357 e. The number of aromatic nitrogens is 1. The second-order valence-electron chi connectivity index (χ2n) is 3.84. The highest BCUT2D eigenvalue weighted by Gasteiger charge is 1.84. The van der Waals surface area contributed by atoms with Crippen molar-refractivity contribution in [2.45, 2.75) is 59.3 Å². The number of hydrogen-bond donors (Lipinski definition) is 0. The normalized spacial score (nSPS) is 7.79. The van der Waals surface area contributed by atoms with Crippen molar-refractivity contribution in [3.05, 3.63) is 50.3 Å². The molecule has 0 fully saturated rings. The predicted molar refractivity (Wildman–Crippen MR) is 91.6 cm³/mol. The van der Waals surface area contributed by atoms with E-state index in [4.69, 9.17) is 0 Å². The van der Waals surface area contributed by atoms with Crippen LogP contribution in [0.2, 0.25) is 0 Å². The molecule has 0 amide bonds. The first-order valence-corrected chi connectivity index (χ1v) is 7.49. The van der Waals surface area contributed by atoms with Crippen LogP contribution in [0, 0.1) is 0 Å². The van der Waals surface area contributed by atoms with Crippen LogP contribution in [-0.2, 0) is 7.05 Å². The van der Waals surface area contributed by atoms with Gasteiger partial charge < -0.3 is 4.57 Å². The van der Waals surface area contributed by atoms with Gasteiger partial charge in [-0.1, -0.05) is 52.5 Å². The molecule has 0 bridgehead atoms. The summed E-state index contributed by atoms with van der Waals surface area (Å²) in [4.78, 5) is 0. The molecule has 1 nitrogen and oxygen atoms in total. The number of unbranched alkanes of at least 4 members (excludes halogenated alkanes) is 5. The van der Waals surface area contributed by atoms with Crippen LogP contribution in [0.15, 0.2) is 50.3 Å². The molecule has 0 spiro atoms. The van der Waals surface area contributed by atoms with Crippen molar-refractivity contribution in [2.75, 3.05) is 0 Å². The smallest absolute Gasteiger partial charge is 0.0106 e. The van der Waals surface area contributed by atoms with Gasteiger partial charge in [-0.3, -0.25) is 0 Å². The van der Waals surface area contributed by atoms with Gasteiger partial charge in [0.05, 0.1) is 0 Å². The SMILES string of the molecule is C=C.C=CCCCCCCC.CC.Cn1cccc1. The van der Waals surface area contributed by atoms with Gasteiger partial charge in [0.1, 0.15) is 0 Å². The fraction of sp³-hybridized carbons (Fsp3) is 0.556. The van der Waals surface area contributed by atoms with E-state index in [2.05, 4.69) is 26.7 Å². The van der Waals surface area contributed by atoms with Crippen molar-refractivity contribution in [2.24, 2.45) is 7.05 Å². The van der Waals surface area contributed by atoms with Gasteiger partial charge in [-0.2, -0.15) is 0 Å². The molecule has 0 saturated carbocycles. The summed E-state index contributed by atoms with van der Waals surface area (Å²) in [5.74, 6) is 0. The second kappa shape index (κ2) is 25.6. The van der Waals surface area contributed by atoms with Crippen molar-refractivity contribution in [3.63, 3.8) is 0 Å². The lowest BCUT2D eigenvalue weighted by Crippen LogP contribution is -1.75. The lowest BCUT2D eigenvalue weighted by atomic mass is 10.1. The van der Waals surface area contributed by atoms with E-state index in [1.165, 1.54) is 38.5 Å². The summed E-state index contributed by atoms with van der Waals surface area (Å²) in [6.45, 7) is 15.9. The van der Waals surface area contributed by atoms with Crippen LogP contribution in [0.4, 0.5) is 0 Å². The minimum absolute atomic E-state index is 1.20. The molecule has 0 atom stereocenters. The number of allylic oxidation sites excluding steroid dienone is 1. The number of rotatable bonds is 6. The molecule has 0 radical (unpaired) electrons. The monoisotopic (exact) mass is 265 g/mol. The van der Waals surface area contributed by atoms with E-state index < -0.39 is 0 Å². The van der Waals surface area contributed by atoms with Crippen LogP contribution < -0.4 is 0 Å². The summed E-state index contributed by atoms with van der Waals surface area (Å²) in [6, 6.07) is 4.00. The zero-order valence-corrected chi connectivity index (χ0v) is 13.7. The molecule has 1 aromatic heterocycles. The van der Waals surface area contributed by atoms with Crippen molar-refractivity contribution in [1.82, 2.24) is 4.57 Å². The highest BCUT2D eigenvalue weighted by atomic mass is 14.9. The Bertz CT molecular complexity index is 224. The first-order chi connectivity index (χ1) is 9.31. The predicted octanol–water partition coefficient (Wildman–Crippen LogP) is 6.39. The summed E-state index contributed by atoms with van der Waals surface area (Å²) in [7, 11) is 2.00.